The quantitative estimate of drug-likeness (QED) is 0.506. The summed E-state index contributed by atoms with van der Waals surface area (Å²) in [6, 6.07) is 12.0. The molecule has 2 aromatic carbocycles. The van der Waals surface area contributed by atoms with Crippen molar-refractivity contribution in [1.82, 2.24) is 4.72 Å². The molecule has 10 heteroatoms. The fourth-order valence-corrected chi connectivity index (χ4v) is 3.66. The number of benzene rings is 2. The fraction of sp³-hybridized carbons (Fsp3) is 0.316. The lowest BCUT2D eigenvalue weighted by atomic mass is 10.2. The Hall–Kier alpha value is -2.82. The predicted molar refractivity (Wildman–Crippen MR) is 111 cm³/mol. The van der Waals surface area contributed by atoms with Gasteiger partial charge in [0.2, 0.25) is 10.0 Å². The molecule has 0 aliphatic rings. The van der Waals surface area contributed by atoms with E-state index in [0.717, 1.165) is 5.69 Å². The largest absolute Gasteiger partial charge is 0.480 e. The van der Waals surface area contributed by atoms with E-state index in [9.17, 15) is 18.3 Å². The summed E-state index contributed by atoms with van der Waals surface area (Å²) in [5.74, 6) is -1.24. The van der Waals surface area contributed by atoms with Gasteiger partial charge in [0.25, 0.3) is 0 Å². The second-order valence-electron chi connectivity index (χ2n) is 6.55. The number of sulfonamides is 1. The first-order valence-electron chi connectivity index (χ1n) is 8.97. The maximum absolute atomic E-state index is 12.4. The van der Waals surface area contributed by atoms with Crippen LogP contribution in [-0.4, -0.2) is 46.2 Å². The number of hydrogen-bond donors (Lipinski definition) is 3. The van der Waals surface area contributed by atoms with E-state index in [1.165, 1.54) is 24.3 Å². The van der Waals surface area contributed by atoms with Crippen LogP contribution in [0.3, 0.4) is 0 Å². The molecule has 1 atom stereocenters. The highest BCUT2D eigenvalue weighted by molar-refractivity contribution is 7.89. The SMILES string of the molecule is CN(C)c1ccc(N=Nc2ccc(S(=O)(=O)N[C@@H](CCCN)C(=O)O)cc2)cc1. The topological polar surface area (TPSA) is 137 Å². The molecule has 0 heterocycles. The van der Waals surface area contributed by atoms with Gasteiger partial charge in [0.05, 0.1) is 16.3 Å². The molecule has 0 saturated carbocycles. The first-order valence-corrected chi connectivity index (χ1v) is 10.5. The second kappa shape index (κ2) is 10.1. The van der Waals surface area contributed by atoms with Crippen molar-refractivity contribution in [3.05, 3.63) is 48.5 Å². The summed E-state index contributed by atoms with van der Waals surface area (Å²) in [5.41, 5.74) is 7.54. The molecular weight excluding hydrogens is 394 g/mol. The highest BCUT2D eigenvalue weighted by Crippen LogP contribution is 2.22. The summed E-state index contributed by atoms with van der Waals surface area (Å²) in [6.45, 7) is 0.281. The van der Waals surface area contributed by atoms with Crippen molar-refractivity contribution in [1.29, 1.82) is 0 Å². The van der Waals surface area contributed by atoms with Gasteiger partial charge in [-0.25, -0.2) is 8.42 Å². The van der Waals surface area contributed by atoms with Crippen molar-refractivity contribution in [3.63, 3.8) is 0 Å². The highest BCUT2D eigenvalue weighted by Gasteiger charge is 2.24. The smallest absolute Gasteiger partial charge is 0.321 e. The zero-order valence-corrected chi connectivity index (χ0v) is 17.1. The van der Waals surface area contributed by atoms with Crippen molar-refractivity contribution in [3.8, 4) is 0 Å². The van der Waals surface area contributed by atoms with Crippen LogP contribution in [0, 0.1) is 0 Å². The lowest BCUT2D eigenvalue weighted by Gasteiger charge is -2.14. The first-order chi connectivity index (χ1) is 13.7. The summed E-state index contributed by atoms with van der Waals surface area (Å²) in [6.07, 6.45) is 0.512. The lowest BCUT2D eigenvalue weighted by molar-refractivity contribution is -0.139. The third kappa shape index (κ3) is 6.63. The summed E-state index contributed by atoms with van der Waals surface area (Å²) >= 11 is 0. The van der Waals surface area contributed by atoms with Crippen LogP contribution in [0.5, 0.6) is 0 Å². The minimum absolute atomic E-state index is 0.0502. The molecule has 2 rings (SSSR count). The van der Waals surface area contributed by atoms with Crippen LogP contribution in [0.15, 0.2) is 63.7 Å². The average molecular weight is 420 g/mol. The van der Waals surface area contributed by atoms with E-state index in [1.54, 1.807) is 0 Å². The Kier molecular flexibility index (Phi) is 7.82. The Morgan fingerprint density at radius 1 is 1.07 bits per heavy atom. The van der Waals surface area contributed by atoms with Gasteiger partial charge in [0.15, 0.2) is 0 Å². The molecule has 29 heavy (non-hydrogen) atoms. The zero-order valence-electron chi connectivity index (χ0n) is 16.3. The van der Waals surface area contributed by atoms with Gasteiger partial charge in [-0.2, -0.15) is 15.0 Å². The average Bonchev–Trinajstić information content (AvgIpc) is 2.70. The molecule has 0 amide bonds. The second-order valence-corrected chi connectivity index (χ2v) is 8.26. The molecule has 0 aliphatic heterocycles. The summed E-state index contributed by atoms with van der Waals surface area (Å²) in [7, 11) is -0.0956. The van der Waals surface area contributed by atoms with Crippen LogP contribution in [0.1, 0.15) is 12.8 Å². The third-order valence-electron chi connectivity index (χ3n) is 4.09. The Morgan fingerprint density at radius 2 is 1.59 bits per heavy atom. The highest BCUT2D eigenvalue weighted by atomic mass is 32.2. The molecule has 0 bridgehead atoms. The number of nitrogens with one attached hydrogen (secondary N) is 1. The number of nitrogens with zero attached hydrogens (tertiary/aromatic N) is 3. The molecule has 0 saturated heterocycles. The minimum atomic E-state index is -3.98. The molecule has 0 aliphatic carbocycles. The van der Waals surface area contributed by atoms with Gasteiger partial charge in [-0.05, 0) is 67.9 Å². The van der Waals surface area contributed by atoms with Gasteiger partial charge in [-0.3, -0.25) is 4.79 Å². The van der Waals surface area contributed by atoms with Gasteiger partial charge in [-0.15, -0.1) is 0 Å². The number of hydrogen-bond acceptors (Lipinski definition) is 7. The molecule has 0 spiro atoms. The maximum atomic E-state index is 12.4. The van der Waals surface area contributed by atoms with E-state index in [2.05, 4.69) is 15.0 Å². The number of carbonyl (C=O) groups is 1. The van der Waals surface area contributed by atoms with E-state index < -0.39 is 22.0 Å². The number of carboxylic acid groups (broad SMARTS) is 1. The van der Waals surface area contributed by atoms with Crippen molar-refractivity contribution in [2.75, 3.05) is 25.5 Å². The van der Waals surface area contributed by atoms with Crippen LogP contribution in [0.25, 0.3) is 0 Å². The van der Waals surface area contributed by atoms with Gasteiger partial charge in [0, 0.05) is 19.8 Å². The van der Waals surface area contributed by atoms with Crippen LogP contribution >= 0.6 is 0 Å². The van der Waals surface area contributed by atoms with Crippen LogP contribution in [-0.2, 0) is 14.8 Å². The Labute approximate surface area is 170 Å². The van der Waals surface area contributed by atoms with E-state index in [1.807, 2.05) is 43.3 Å². The Balaban J connectivity index is 2.09. The van der Waals surface area contributed by atoms with Crippen LogP contribution in [0.4, 0.5) is 17.1 Å². The Morgan fingerprint density at radius 3 is 2.03 bits per heavy atom. The van der Waals surface area contributed by atoms with E-state index in [0.29, 0.717) is 17.8 Å². The molecule has 0 fully saturated rings. The molecule has 9 nitrogen and oxygen atoms in total. The molecule has 0 aromatic heterocycles. The number of carboxylic acids is 1. The lowest BCUT2D eigenvalue weighted by Crippen LogP contribution is -2.40. The Bertz CT molecular complexity index is 942. The van der Waals surface area contributed by atoms with Gasteiger partial charge in [0.1, 0.15) is 6.04 Å². The number of rotatable bonds is 10. The number of anilines is 1. The summed E-state index contributed by atoms with van der Waals surface area (Å²) in [5, 5.41) is 17.4. The predicted octanol–water partition coefficient (Wildman–Crippen LogP) is 2.64. The first kappa shape index (κ1) is 22.5. The van der Waals surface area contributed by atoms with E-state index in [4.69, 9.17) is 5.73 Å². The van der Waals surface area contributed by atoms with Crippen LogP contribution < -0.4 is 15.4 Å². The number of azo groups is 1. The van der Waals surface area contributed by atoms with E-state index in [-0.39, 0.29) is 17.9 Å². The van der Waals surface area contributed by atoms with Crippen molar-refractivity contribution >= 4 is 33.1 Å². The molecule has 156 valence electrons. The van der Waals surface area contributed by atoms with Crippen molar-refractivity contribution < 1.29 is 18.3 Å². The third-order valence-corrected chi connectivity index (χ3v) is 5.57. The summed E-state index contributed by atoms with van der Waals surface area (Å²) in [4.78, 5) is 13.2. The summed E-state index contributed by atoms with van der Waals surface area (Å²) < 4.78 is 27.0. The standard InChI is InChI=1S/C19H25N5O4S/c1-24(2)16-9-5-14(6-10-16)21-22-15-7-11-17(12-8-15)29(27,28)23-18(19(25)26)4-3-13-20/h5-12,18,23H,3-4,13,20H2,1-2H3,(H,25,26)/t18-/m0/s1. The minimum Gasteiger partial charge on any atom is -0.480 e. The van der Waals surface area contributed by atoms with Crippen molar-refractivity contribution in [2.45, 2.75) is 23.8 Å². The van der Waals surface area contributed by atoms with Crippen molar-refractivity contribution in [2.24, 2.45) is 16.0 Å². The molecule has 0 radical (unpaired) electrons. The maximum Gasteiger partial charge on any atom is 0.321 e. The normalized spacial score (nSPS) is 12.8. The van der Waals surface area contributed by atoms with Gasteiger partial charge < -0.3 is 15.7 Å². The molecule has 0 unspecified atom stereocenters. The fourth-order valence-electron chi connectivity index (χ4n) is 2.43. The number of nitrogens with two attached hydrogens (primary N) is 1. The molecule has 4 N–H and O–H groups in total. The van der Waals surface area contributed by atoms with Gasteiger partial charge >= 0.3 is 5.97 Å². The van der Waals surface area contributed by atoms with Crippen LogP contribution in [0.2, 0.25) is 0 Å². The zero-order chi connectivity index (χ0) is 21.4. The molecule has 2 aromatic rings. The molecular formula is C19H25N5O4S. The van der Waals surface area contributed by atoms with E-state index >= 15 is 0 Å². The number of aliphatic carboxylic acids is 1. The van der Waals surface area contributed by atoms with Gasteiger partial charge in [-0.1, -0.05) is 0 Å². The monoisotopic (exact) mass is 419 g/mol.